The highest BCUT2D eigenvalue weighted by molar-refractivity contribution is 5.83. The number of H-pyrrole nitrogens is 1. The first-order chi connectivity index (χ1) is 10.8. The minimum Gasteiger partial charge on any atom is -0.491 e. The topological polar surface area (TPSA) is 70.7 Å². The summed E-state index contributed by atoms with van der Waals surface area (Å²) in [6, 6.07) is 4.20. The van der Waals surface area contributed by atoms with Crippen molar-refractivity contribution in [3.05, 3.63) is 23.9 Å². The Morgan fingerprint density at radius 2 is 2.36 bits per heavy atom. The number of fused-ring (bicyclic) bond motifs is 4. The second-order valence-corrected chi connectivity index (χ2v) is 5.73. The van der Waals surface area contributed by atoms with Gasteiger partial charge in [0.2, 0.25) is 0 Å². The van der Waals surface area contributed by atoms with E-state index in [4.69, 9.17) is 9.47 Å². The highest BCUT2D eigenvalue weighted by Gasteiger charge is 2.33. The summed E-state index contributed by atoms with van der Waals surface area (Å²) >= 11 is 0. The molecule has 0 radical (unpaired) electrons. The van der Waals surface area contributed by atoms with Crippen LogP contribution in [0.2, 0.25) is 0 Å². The molecule has 4 rings (SSSR count). The number of rotatable bonds is 0. The van der Waals surface area contributed by atoms with Crippen LogP contribution in [-0.2, 0) is 11.3 Å². The van der Waals surface area contributed by atoms with Gasteiger partial charge in [0.05, 0.1) is 24.9 Å². The Morgan fingerprint density at radius 3 is 3.23 bits per heavy atom. The van der Waals surface area contributed by atoms with E-state index in [1.165, 1.54) is 7.11 Å². The molecule has 1 amide bonds. The Morgan fingerprint density at radius 1 is 1.45 bits per heavy atom. The molecule has 2 aromatic rings. The molecule has 0 saturated carbocycles. The average molecular weight is 302 g/mol. The number of piperazine rings is 1. The number of ether oxygens (including phenoxy) is 2. The number of benzene rings is 1. The molecule has 1 unspecified atom stereocenters. The van der Waals surface area contributed by atoms with Gasteiger partial charge in [0.25, 0.3) is 0 Å². The first kappa shape index (κ1) is 13.4. The van der Waals surface area contributed by atoms with Crippen molar-refractivity contribution in [2.45, 2.75) is 12.6 Å². The predicted molar refractivity (Wildman–Crippen MR) is 79.8 cm³/mol. The van der Waals surface area contributed by atoms with Gasteiger partial charge in [-0.05, 0) is 12.1 Å². The minimum absolute atomic E-state index is 0.179. The fourth-order valence-corrected chi connectivity index (χ4v) is 3.29. The van der Waals surface area contributed by atoms with Crippen molar-refractivity contribution in [1.82, 2.24) is 20.0 Å². The molecule has 7 nitrogen and oxygen atoms in total. The van der Waals surface area contributed by atoms with Crippen LogP contribution in [0.1, 0.15) is 5.56 Å². The Bertz CT molecular complexity index is 714. The highest BCUT2D eigenvalue weighted by Crippen LogP contribution is 2.31. The zero-order chi connectivity index (χ0) is 15.1. The summed E-state index contributed by atoms with van der Waals surface area (Å²) in [5, 5.41) is 8.28. The van der Waals surface area contributed by atoms with E-state index in [9.17, 15) is 4.79 Å². The quantitative estimate of drug-likeness (QED) is 0.792. The maximum Gasteiger partial charge on any atom is 0.409 e. The van der Waals surface area contributed by atoms with E-state index in [0.717, 1.165) is 35.3 Å². The Kier molecular flexibility index (Phi) is 3.15. The van der Waals surface area contributed by atoms with Crippen molar-refractivity contribution in [2.24, 2.45) is 0 Å². The van der Waals surface area contributed by atoms with Gasteiger partial charge in [-0.1, -0.05) is 0 Å². The number of nitrogens with one attached hydrogen (secondary N) is 1. The zero-order valence-corrected chi connectivity index (χ0v) is 12.4. The van der Waals surface area contributed by atoms with Crippen LogP contribution in [0, 0.1) is 0 Å². The smallest absolute Gasteiger partial charge is 0.409 e. The molecule has 2 aliphatic heterocycles. The maximum absolute atomic E-state index is 11.7. The Balaban J connectivity index is 1.62. The minimum atomic E-state index is -0.266. The van der Waals surface area contributed by atoms with E-state index in [2.05, 4.69) is 15.1 Å². The summed E-state index contributed by atoms with van der Waals surface area (Å²) in [5.74, 6) is 0.899. The normalized spacial score (nSPS) is 21.7. The SMILES string of the molecule is COC(=O)N1CCN2Cc3c(ccc4cn[nH]c34)OCC2C1. The van der Waals surface area contributed by atoms with Crippen LogP contribution in [0.3, 0.4) is 0 Å². The van der Waals surface area contributed by atoms with E-state index in [-0.39, 0.29) is 12.1 Å². The van der Waals surface area contributed by atoms with Gasteiger partial charge >= 0.3 is 6.09 Å². The first-order valence-electron chi connectivity index (χ1n) is 7.41. The van der Waals surface area contributed by atoms with E-state index < -0.39 is 0 Å². The summed E-state index contributed by atoms with van der Waals surface area (Å²) in [6.07, 6.45) is 1.56. The van der Waals surface area contributed by atoms with Gasteiger partial charge in [0.15, 0.2) is 0 Å². The second kappa shape index (κ2) is 5.17. The Labute approximate surface area is 127 Å². The molecule has 3 heterocycles. The molecular weight excluding hydrogens is 284 g/mol. The lowest BCUT2D eigenvalue weighted by atomic mass is 10.1. The summed E-state index contributed by atoms with van der Waals surface area (Å²) in [4.78, 5) is 15.8. The lowest BCUT2D eigenvalue weighted by Gasteiger charge is -2.39. The van der Waals surface area contributed by atoms with Crippen molar-refractivity contribution in [3.8, 4) is 5.75 Å². The van der Waals surface area contributed by atoms with Crippen molar-refractivity contribution in [2.75, 3.05) is 33.4 Å². The molecule has 22 heavy (non-hydrogen) atoms. The first-order valence-corrected chi connectivity index (χ1v) is 7.41. The van der Waals surface area contributed by atoms with Gasteiger partial charge in [-0.3, -0.25) is 10.00 Å². The molecule has 1 aromatic heterocycles. The molecular formula is C15H18N4O3. The number of aromatic amines is 1. The lowest BCUT2D eigenvalue weighted by molar-refractivity contribution is 0.0439. The van der Waals surface area contributed by atoms with Crippen molar-refractivity contribution in [1.29, 1.82) is 0 Å². The fraction of sp³-hybridized carbons (Fsp3) is 0.467. The summed E-state index contributed by atoms with van der Waals surface area (Å²) < 4.78 is 10.8. The number of methoxy groups -OCH3 is 1. The Hall–Kier alpha value is -2.28. The third-order valence-electron chi connectivity index (χ3n) is 4.51. The standard InChI is InChI=1S/C15H18N4O3/c1-21-15(20)19-5-4-18-8-12-13(22-9-11(18)7-19)3-2-10-6-16-17-14(10)12/h2-3,6,11H,4-5,7-9H2,1H3,(H,16,17). The third kappa shape index (κ3) is 2.09. The maximum atomic E-state index is 11.7. The van der Waals surface area contributed by atoms with Gasteiger partial charge in [-0.15, -0.1) is 0 Å². The molecule has 0 spiro atoms. The van der Waals surface area contributed by atoms with Gasteiger partial charge in [-0.2, -0.15) is 5.10 Å². The van der Waals surface area contributed by atoms with Crippen LogP contribution in [0.4, 0.5) is 4.79 Å². The molecule has 0 aliphatic carbocycles. The molecule has 1 fully saturated rings. The van der Waals surface area contributed by atoms with Crippen LogP contribution < -0.4 is 4.74 Å². The molecule has 0 bridgehead atoms. The van der Waals surface area contributed by atoms with E-state index >= 15 is 0 Å². The number of amides is 1. The van der Waals surface area contributed by atoms with E-state index in [0.29, 0.717) is 19.7 Å². The predicted octanol–water partition coefficient (Wildman–Crippen LogP) is 1.21. The molecule has 116 valence electrons. The summed E-state index contributed by atoms with van der Waals surface area (Å²) in [6.45, 7) is 3.49. The van der Waals surface area contributed by atoms with Crippen LogP contribution in [-0.4, -0.2) is 65.5 Å². The second-order valence-electron chi connectivity index (χ2n) is 5.73. The van der Waals surface area contributed by atoms with Gasteiger partial charge < -0.3 is 14.4 Å². The molecule has 1 N–H and O–H groups in total. The van der Waals surface area contributed by atoms with Gasteiger partial charge in [0, 0.05) is 37.1 Å². The molecule has 7 heteroatoms. The lowest BCUT2D eigenvalue weighted by Crippen LogP contribution is -2.55. The zero-order valence-electron chi connectivity index (χ0n) is 12.4. The van der Waals surface area contributed by atoms with Crippen molar-refractivity contribution in [3.63, 3.8) is 0 Å². The molecule has 1 atom stereocenters. The average Bonchev–Trinajstić information content (AvgIpc) is 2.95. The summed E-state index contributed by atoms with van der Waals surface area (Å²) in [7, 11) is 1.42. The number of carbonyl (C=O) groups excluding carboxylic acids is 1. The number of carbonyl (C=O) groups is 1. The number of aromatic nitrogens is 2. The molecule has 1 saturated heterocycles. The van der Waals surface area contributed by atoms with Gasteiger partial charge in [0.1, 0.15) is 12.4 Å². The number of hydrogen-bond donors (Lipinski definition) is 1. The third-order valence-corrected chi connectivity index (χ3v) is 4.51. The van der Waals surface area contributed by atoms with Crippen molar-refractivity contribution >= 4 is 17.0 Å². The number of hydrogen-bond acceptors (Lipinski definition) is 5. The largest absolute Gasteiger partial charge is 0.491 e. The molecule has 1 aromatic carbocycles. The van der Waals surface area contributed by atoms with E-state index in [1.807, 2.05) is 18.3 Å². The highest BCUT2D eigenvalue weighted by atomic mass is 16.5. The van der Waals surface area contributed by atoms with Crippen LogP contribution in [0.15, 0.2) is 18.3 Å². The monoisotopic (exact) mass is 302 g/mol. The van der Waals surface area contributed by atoms with Crippen molar-refractivity contribution < 1.29 is 14.3 Å². The fourth-order valence-electron chi connectivity index (χ4n) is 3.29. The van der Waals surface area contributed by atoms with Crippen LogP contribution >= 0.6 is 0 Å². The van der Waals surface area contributed by atoms with Crippen LogP contribution in [0.25, 0.3) is 10.9 Å². The van der Waals surface area contributed by atoms with Gasteiger partial charge in [-0.25, -0.2) is 4.79 Å². The molecule has 2 aliphatic rings. The number of nitrogens with zero attached hydrogens (tertiary/aromatic N) is 3. The summed E-state index contributed by atoms with van der Waals surface area (Å²) in [5.41, 5.74) is 2.18. The van der Waals surface area contributed by atoms with E-state index in [1.54, 1.807) is 4.90 Å². The van der Waals surface area contributed by atoms with Crippen LogP contribution in [0.5, 0.6) is 5.75 Å².